The Labute approximate surface area is 74.7 Å². The summed E-state index contributed by atoms with van der Waals surface area (Å²) in [6.07, 6.45) is 3.70. The fourth-order valence-corrected chi connectivity index (χ4v) is 2.18. The van der Waals surface area contributed by atoms with Crippen molar-refractivity contribution in [1.82, 2.24) is 14.6 Å². The second-order valence-corrected chi connectivity index (χ2v) is 4.25. The first-order valence-corrected chi connectivity index (χ1v) is 6.43. The summed E-state index contributed by atoms with van der Waals surface area (Å²) in [6.45, 7) is 0. The van der Waals surface area contributed by atoms with Crippen molar-refractivity contribution in [3.8, 4) is 0 Å². The first-order chi connectivity index (χ1) is 5.42. The molecule has 0 spiro atoms. The van der Waals surface area contributed by atoms with Gasteiger partial charge in [-0.1, -0.05) is 0 Å². The van der Waals surface area contributed by atoms with E-state index in [1.807, 2.05) is 22.8 Å². The summed E-state index contributed by atoms with van der Waals surface area (Å²) in [6, 6.07) is 3.87. The molecule has 2 aromatic heterocycles. The molecule has 0 N–H and O–H groups in total. The van der Waals surface area contributed by atoms with Gasteiger partial charge in [0.1, 0.15) is 0 Å². The van der Waals surface area contributed by atoms with Gasteiger partial charge in [-0.05, 0) is 0 Å². The van der Waals surface area contributed by atoms with E-state index in [1.54, 1.807) is 6.20 Å². The molecule has 0 bridgehead atoms. The number of fused-ring (bicyclic) bond motifs is 1. The molecule has 0 atom stereocenters. The molecule has 0 aliphatic heterocycles. The van der Waals surface area contributed by atoms with Gasteiger partial charge in [0.15, 0.2) is 0 Å². The van der Waals surface area contributed by atoms with E-state index < -0.39 is 0 Å². The summed E-state index contributed by atoms with van der Waals surface area (Å²) in [5, 5.41) is 4.19. The first kappa shape index (κ1) is 7.02. The number of alkyl halides is 1. The molecule has 4 heteroatoms. The molecule has 0 saturated heterocycles. The zero-order valence-electron chi connectivity index (χ0n) is 6.03. The van der Waals surface area contributed by atoms with Gasteiger partial charge in [0.2, 0.25) is 0 Å². The third-order valence-electron chi connectivity index (χ3n) is 1.43. The van der Waals surface area contributed by atoms with E-state index in [-0.39, 0.29) is 21.2 Å². The summed E-state index contributed by atoms with van der Waals surface area (Å²) in [5.74, 6) is 0. The van der Waals surface area contributed by atoms with Crippen LogP contribution in [0.2, 0.25) is 0 Å². The number of hydrogen-bond donors (Lipinski definition) is 0. The second-order valence-electron chi connectivity index (χ2n) is 2.06. The van der Waals surface area contributed by atoms with Crippen LogP contribution in [0, 0.1) is 3.70 Å². The summed E-state index contributed by atoms with van der Waals surface area (Å²) >= 11 is 0.0827. The molecule has 0 radical (unpaired) electrons. The second kappa shape index (κ2) is 2.77. The molecule has 0 aliphatic carbocycles. The molecular formula is C7H7IN3-. The normalized spacial score (nSPS) is 11.0. The molecule has 0 aliphatic rings. The molecule has 58 valence electrons. The monoisotopic (exact) mass is 260 g/mol. The molecular weight excluding hydrogens is 253 g/mol. The van der Waals surface area contributed by atoms with Crippen LogP contribution < -0.4 is 21.2 Å². The van der Waals surface area contributed by atoms with Crippen LogP contribution in [0.25, 0.3) is 5.65 Å². The Morgan fingerprint density at radius 2 is 2.45 bits per heavy atom. The van der Waals surface area contributed by atoms with Crippen LogP contribution in [0.1, 0.15) is 0 Å². The Bertz CT molecular complexity index is 368. The average Bonchev–Trinajstić information content (AvgIpc) is 2.47. The average molecular weight is 260 g/mol. The fraction of sp³-hybridized carbons (Fsp3) is 0.143. The molecule has 0 saturated carbocycles. The van der Waals surface area contributed by atoms with Gasteiger partial charge in [-0.3, -0.25) is 0 Å². The van der Waals surface area contributed by atoms with E-state index >= 15 is 0 Å². The molecule has 2 rings (SSSR count). The zero-order valence-corrected chi connectivity index (χ0v) is 8.19. The van der Waals surface area contributed by atoms with Crippen LogP contribution in [-0.4, -0.2) is 19.5 Å². The summed E-state index contributed by atoms with van der Waals surface area (Å²) in [4.78, 5) is 6.42. The van der Waals surface area contributed by atoms with Gasteiger partial charge in [-0.2, -0.15) is 0 Å². The molecule has 2 aromatic rings. The number of rotatable bonds is 1. The van der Waals surface area contributed by atoms with E-state index in [4.69, 9.17) is 0 Å². The maximum absolute atomic E-state index is 4.22. The van der Waals surface area contributed by atoms with Gasteiger partial charge >= 0.3 is 74.6 Å². The van der Waals surface area contributed by atoms with Crippen LogP contribution in [0.15, 0.2) is 24.5 Å². The van der Waals surface area contributed by atoms with Crippen LogP contribution >= 0.6 is 0 Å². The number of aromatic nitrogens is 3. The molecule has 0 aromatic carbocycles. The van der Waals surface area contributed by atoms with Gasteiger partial charge in [0.05, 0.1) is 0 Å². The van der Waals surface area contributed by atoms with Crippen molar-refractivity contribution in [3.63, 3.8) is 0 Å². The van der Waals surface area contributed by atoms with Gasteiger partial charge in [-0.15, -0.1) is 0 Å². The Kier molecular flexibility index (Phi) is 1.77. The Morgan fingerprint density at radius 1 is 1.55 bits per heavy atom. The SMILES string of the molecule is C[I-]c1cnc2cccnn12. The summed E-state index contributed by atoms with van der Waals surface area (Å²) in [5.41, 5.74) is 0.948. The maximum atomic E-state index is 4.22. The van der Waals surface area contributed by atoms with Gasteiger partial charge < -0.3 is 0 Å². The van der Waals surface area contributed by atoms with Crippen molar-refractivity contribution < 1.29 is 21.2 Å². The van der Waals surface area contributed by atoms with Crippen LogP contribution in [0.4, 0.5) is 0 Å². The van der Waals surface area contributed by atoms with E-state index in [9.17, 15) is 0 Å². The number of nitrogens with zero attached hydrogens (tertiary/aromatic N) is 3. The molecule has 0 amide bonds. The predicted octanol–water partition coefficient (Wildman–Crippen LogP) is -2.38. The quantitative estimate of drug-likeness (QED) is 0.423. The predicted molar refractivity (Wildman–Crippen MR) is 37.6 cm³/mol. The van der Waals surface area contributed by atoms with E-state index in [2.05, 4.69) is 15.0 Å². The zero-order chi connectivity index (χ0) is 7.68. The minimum atomic E-state index is 0.0827. The third-order valence-corrected chi connectivity index (χ3v) is 3.27. The van der Waals surface area contributed by atoms with Crippen molar-refractivity contribution in [3.05, 3.63) is 28.2 Å². The molecule has 0 fully saturated rings. The van der Waals surface area contributed by atoms with Crippen LogP contribution in [0.3, 0.4) is 0 Å². The number of imidazole rings is 1. The minimum absolute atomic E-state index is 0.0827. The molecule has 2 heterocycles. The topological polar surface area (TPSA) is 30.2 Å². The van der Waals surface area contributed by atoms with Crippen molar-refractivity contribution >= 4 is 5.65 Å². The Balaban J connectivity index is 2.76. The van der Waals surface area contributed by atoms with E-state index in [0.717, 1.165) is 5.65 Å². The van der Waals surface area contributed by atoms with Gasteiger partial charge in [-0.25, -0.2) is 0 Å². The third kappa shape index (κ3) is 1.11. The van der Waals surface area contributed by atoms with Crippen LogP contribution in [-0.2, 0) is 0 Å². The Morgan fingerprint density at radius 3 is 3.27 bits per heavy atom. The first-order valence-electron chi connectivity index (χ1n) is 3.20. The number of hydrogen-bond acceptors (Lipinski definition) is 2. The summed E-state index contributed by atoms with van der Waals surface area (Å²) < 4.78 is 3.17. The van der Waals surface area contributed by atoms with Gasteiger partial charge in [0, 0.05) is 0 Å². The van der Waals surface area contributed by atoms with Crippen LogP contribution in [0.5, 0.6) is 0 Å². The fourth-order valence-electron chi connectivity index (χ4n) is 0.929. The van der Waals surface area contributed by atoms with E-state index in [0.29, 0.717) is 0 Å². The summed E-state index contributed by atoms with van der Waals surface area (Å²) in [7, 11) is 0. The Hall–Kier alpha value is -0.650. The van der Waals surface area contributed by atoms with Gasteiger partial charge in [0.25, 0.3) is 0 Å². The molecule has 3 nitrogen and oxygen atoms in total. The molecule has 0 unspecified atom stereocenters. The standard InChI is InChI=1S/C7H7IN3/c1-8-6-5-9-7-3-2-4-10-11(6)7/h2-5H,1H3/q-1. The van der Waals surface area contributed by atoms with Crippen molar-refractivity contribution in [1.29, 1.82) is 0 Å². The van der Waals surface area contributed by atoms with E-state index in [1.165, 1.54) is 3.70 Å². The number of halogens is 1. The van der Waals surface area contributed by atoms with Crippen molar-refractivity contribution in [2.45, 2.75) is 0 Å². The van der Waals surface area contributed by atoms with Crippen molar-refractivity contribution in [2.75, 3.05) is 4.93 Å². The van der Waals surface area contributed by atoms with Crippen molar-refractivity contribution in [2.24, 2.45) is 0 Å². The molecule has 11 heavy (non-hydrogen) atoms.